The third-order valence-corrected chi connectivity index (χ3v) is 11.9. The Morgan fingerprint density at radius 2 is 1.63 bits per heavy atom. The highest BCUT2D eigenvalue weighted by Gasteiger charge is 2.69. The van der Waals surface area contributed by atoms with Crippen LogP contribution in [0.25, 0.3) is 0 Å². The molecule has 6 fully saturated rings. The fourth-order valence-corrected chi connectivity index (χ4v) is 10.3. The molecule has 6 aliphatic rings. The Hall–Kier alpha value is -0.120. The van der Waals surface area contributed by atoms with E-state index in [9.17, 15) is 5.11 Å². The number of fused-ring (bicyclic) bond motifs is 7. The molecule has 0 aromatic heterocycles. The maximum absolute atomic E-state index is 10.3. The van der Waals surface area contributed by atoms with Crippen molar-refractivity contribution in [3.8, 4) is 0 Å². The van der Waals surface area contributed by atoms with Crippen molar-refractivity contribution in [2.45, 2.75) is 110 Å². The zero-order valence-corrected chi connectivity index (χ0v) is 19.7. The summed E-state index contributed by atoms with van der Waals surface area (Å²) in [6, 6.07) is 0. The van der Waals surface area contributed by atoms with Crippen LogP contribution in [-0.4, -0.2) is 29.7 Å². The summed E-state index contributed by atoms with van der Waals surface area (Å²) in [5.41, 5.74) is 0.899. The molecule has 0 aromatic rings. The predicted molar refractivity (Wildman–Crippen MR) is 118 cm³/mol. The molecule has 0 bridgehead atoms. The molecule has 0 unspecified atom stereocenters. The SMILES string of the molecule is C[C@H]1CC[C@@]2(OC1)O[C@H]1C[C@@H]3[C@@H]4CC[C@@H]5C[C@@H](O)CC[C@]5(C)[C@H]4CC[C@]3(C)[C@H]1[C@@H]2C. The van der Waals surface area contributed by atoms with Gasteiger partial charge < -0.3 is 14.6 Å². The van der Waals surface area contributed by atoms with Crippen molar-refractivity contribution in [1.82, 2.24) is 0 Å². The highest BCUT2D eigenvalue weighted by atomic mass is 16.7. The first-order valence-electron chi connectivity index (χ1n) is 13.3. The van der Waals surface area contributed by atoms with Crippen LogP contribution in [0.15, 0.2) is 0 Å². The summed E-state index contributed by atoms with van der Waals surface area (Å²) in [6.45, 7) is 10.9. The second-order valence-corrected chi connectivity index (χ2v) is 13.1. The molecule has 30 heavy (non-hydrogen) atoms. The van der Waals surface area contributed by atoms with E-state index in [2.05, 4.69) is 27.7 Å². The molecular formula is C27H44O3. The van der Waals surface area contributed by atoms with Gasteiger partial charge in [0.1, 0.15) is 0 Å². The number of hydrogen-bond acceptors (Lipinski definition) is 3. The first-order valence-corrected chi connectivity index (χ1v) is 13.3. The lowest BCUT2D eigenvalue weighted by Gasteiger charge is -2.61. The predicted octanol–water partition coefficient (Wildman–Crippen LogP) is 5.79. The second-order valence-electron chi connectivity index (χ2n) is 13.1. The highest BCUT2D eigenvalue weighted by Crippen LogP contribution is 2.71. The average Bonchev–Trinajstić information content (AvgIpc) is 3.16. The molecule has 1 N–H and O–H groups in total. The molecule has 12 atom stereocenters. The first-order chi connectivity index (χ1) is 14.3. The molecule has 0 radical (unpaired) electrons. The molecule has 4 aliphatic carbocycles. The second kappa shape index (κ2) is 6.70. The lowest BCUT2D eigenvalue weighted by Crippen LogP contribution is -2.55. The maximum Gasteiger partial charge on any atom is 0.171 e. The Bertz CT molecular complexity index is 684. The van der Waals surface area contributed by atoms with Gasteiger partial charge in [0.25, 0.3) is 0 Å². The topological polar surface area (TPSA) is 38.7 Å². The van der Waals surface area contributed by atoms with Gasteiger partial charge in [-0.3, -0.25) is 0 Å². The number of rotatable bonds is 0. The van der Waals surface area contributed by atoms with Crippen molar-refractivity contribution < 1.29 is 14.6 Å². The lowest BCUT2D eigenvalue weighted by molar-refractivity contribution is -0.273. The molecule has 2 heterocycles. The minimum Gasteiger partial charge on any atom is -0.393 e. The molecule has 1 spiro atoms. The number of ether oxygens (including phenoxy) is 2. The average molecular weight is 417 g/mol. The Morgan fingerprint density at radius 3 is 2.40 bits per heavy atom. The van der Waals surface area contributed by atoms with E-state index in [0.29, 0.717) is 34.7 Å². The zero-order valence-electron chi connectivity index (χ0n) is 19.7. The molecule has 2 aliphatic heterocycles. The van der Waals surface area contributed by atoms with Gasteiger partial charge in [-0.1, -0.05) is 27.7 Å². The van der Waals surface area contributed by atoms with Gasteiger partial charge in [0, 0.05) is 12.3 Å². The van der Waals surface area contributed by atoms with Crippen LogP contribution in [0.3, 0.4) is 0 Å². The maximum atomic E-state index is 10.3. The van der Waals surface area contributed by atoms with E-state index in [1.165, 1.54) is 44.9 Å². The monoisotopic (exact) mass is 416 g/mol. The van der Waals surface area contributed by atoms with Gasteiger partial charge in [-0.15, -0.1) is 0 Å². The van der Waals surface area contributed by atoms with Gasteiger partial charge in [0.05, 0.1) is 18.8 Å². The Kier molecular flexibility index (Phi) is 4.58. The van der Waals surface area contributed by atoms with Gasteiger partial charge in [0.2, 0.25) is 0 Å². The third kappa shape index (κ3) is 2.61. The fraction of sp³-hybridized carbons (Fsp3) is 1.00. The lowest BCUT2D eigenvalue weighted by atomic mass is 9.44. The van der Waals surface area contributed by atoms with Crippen LogP contribution in [0.4, 0.5) is 0 Å². The van der Waals surface area contributed by atoms with Gasteiger partial charge >= 0.3 is 0 Å². The van der Waals surface area contributed by atoms with E-state index in [1.807, 2.05) is 0 Å². The van der Waals surface area contributed by atoms with Crippen LogP contribution >= 0.6 is 0 Å². The summed E-state index contributed by atoms with van der Waals surface area (Å²) in [5.74, 6) is 4.93. The summed E-state index contributed by atoms with van der Waals surface area (Å²) in [7, 11) is 0. The normalized spacial score (nSPS) is 62.5. The van der Waals surface area contributed by atoms with Crippen molar-refractivity contribution in [3.05, 3.63) is 0 Å². The Morgan fingerprint density at radius 1 is 0.833 bits per heavy atom. The number of aliphatic hydroxyl groups is 1. The first kappa shape index (κ1) is 20.5. The Balaban J connectivity index is 1.26. The molecular weight excluding hydrogens is 372 g/mol. The molecule has 3 nitrogen and oxygen atoms in total. The van der Waals surface area contributed by atoms with Crippen LogP contribution in [0.1, 0.15) is 91.9 Å². The molecule has 170 valence electrons. The van der Waals surface area contributed by atoms with Gasteiger partial charge in [-0.05, 0) is 104 Å². The van der Waals surface area contributed by atoms with E-state index >= 15 is 0 Å². The van der Waals surface area contributed by atoms with Crippen molar-refractivity contribution in [3.63, 3.8) is 0 Å². The van der Waals surface area contributed by atoms with Crippen molar-refractivity contribution in [2.24, 2.45) is 52.3 Å². The molecule has 3 heteroatoms. The summed E-state index contributed by atoms with van der Waals surface area (Å²) < 4.78 is 13.4. The summed E-state index contributed by atoms with van der Waals surface area (Å²) >= 11 is 0. The Labute approximate surface area is 183 Å². The smallest absolute Gasteiger partial charge is 0.171 e. The van der Waals surface area contributed by atoms with Gasteiger partial charge in [0.15, 0.2) is 5.79 Å². The zero-order chi connectivity index (χ0) is 20.9. The molecule has 0 amide bonds. The minimum absolute atomic E-state index is 0.0389. The summed E-state index contributed by atoms with van der Waals surface area (Å²) in [6.07, 6.45) is 12.9. The standard InChI is InChI=1S/C27H44O3/c1-16-7-12-27(29-15-16)17(2)24-23(30-27)14-22-20-6-5-18-13-19(28)8-10-25(18,3)21(20)9-11-26(22,24)4/h16-24,28H,5-15H2,1-4H3/t16-,17-,18+,19-,20+,21-,22+,23-,24-,25-,26-,27+/m0/s1. The number of hydrogen-bond donors (Lipinski definition) is 1. The van der Waals surface area contributed by atoms with Gasteiger partial charge in [-0.25, -0.2) is 0 Å². The third-order valence-electron chi connectivity index (χ3n) is 11.9. The van der Waals surface area contributed by atoms with Crippen molar-refractivity contribution in [2.75, 3.05) is 6.61 Å². The summed E-state index contributed by atoms with van der Waals surface area (Å²) in [4.78, 5) is 0. The summed E-state index contributed by atoms with van der Waals surface area (Å²) in [5, 5.41) is 10.3. The highest BCUT2D eigenvalue weighted by molar-refractivity contribution is 5.15. The molecule has 4 saturated carbocycles. The van der Waals surface area contributed by atoms with Crippen molar-refractivity contribution >= 4 is 0 Å². The van der Waals surface area contributed by atoms with Crippen LogP contribution in [0, 0.1) is 52.3 Å². The quantitative estimate of drug-likeness (QED) is 0.543. The van der Waals surface area contributed by atoms with Crippen LogP contribution in [0.2, 0.25) is 0 Å². The van der Waals surface area contributed by atoms with E-state index in [4.69, 9.17) is 9.47 Å². The fourth-order valence-electron chi connectivity index (χ4n) is 10.3. The molecule has 6 rings (SSSR count). The molecule has 0 aromatic carbocycles. The van der Waals surface area contributed by atoms with Crippen LogP contribution in [-0.2, 0) is 9.47 Å². The van der Waals surface area contributed by atoms with Crippen molar-refractivity contribution in [1.29, 1.82) is 0 Å². The largest absolute Gasteiger partial charge is 0.393 e. The van der Waals surface area contributed by atoms with Crippen LogP contribution in [0.5, 0.6) is 0 Å². The van der Waals surface area contributed by atoms with Gasteiger partial charge in [-0.2, -0.15) is 0 Å². The van der Waals surface area contributed by atoms with E-state index in [1.54, 1.807) is 0 Å². The minimum atomic E-state index is -0.282. The molecule has 2 saturated heterocycles. The van der Waals surface area contributed by atoms with E-state index < -0.39 is 0 Å². The van der Waals surface area contributed by atoms with E-state index in [0.717, 1.165) is 49.5 Å². The van der Waals surface area contributed by atoms with Crippen LogP contribution < -0.4 is 0 Å². The van der Waals surface area contributed by atoms with E-state index in [-0.39, 0.29) is 11.9 Å². The number of aliphatic hydroxyl groups excluding tert-OH is 1.